The maximum absolute atomic E-state index is 2.48. The number of hydrogen-bond donors (Lipinski definition) is 0. The van der Waals surface area contributed by atoms with Crippen molar-refractivity contribution in [2.75, 3.05) is 28.2 Å². The Bertz CT molecular complexity index is 1150. The van der Waals surface area contributed by atoms with Crippen molar-refractivity contribution in [3.63, 3.8) is 0 Å². The van der Waals surface area contributed by atoms with Crippen LogP contribution >= 0.6 is 0 Å². The predicted octanol–water partition coefficient (Wildman–Crippen LogP) is 5.91. The first-order valence-electron chi connectivity index (χ1n) is 10.4. The van der Waals surface area contributed by atoms with Gasteiger partial charge in [0, 0.05) is 28.4 Å². The van der Waals surface area contributed by atoms with Gasteiger partial charge in [0.1, 0.15) is 0 Å². The number of aryl methyl sites for hydroxylation is 2. The molecule has 4 rings (SSSR count). The fraction of sp³-hybridized carbons (Fsp3) is 0.308. The van der Waals surface area contributed by atoms with Crippen molar-refractivity contribution in [1.29, 1.82) is 0 Å². The summed E-state index contributed by atoms with van der Waals surface area (Å²) < 4.78 is 2.48. The Kier molecular flexibility index (Phi) is 5.20. The van der Waals surface area contributed by atoms with Crippen molar-refractivity contribution in [2.24, 2.45) is 0 Å². The smallest absolute Gasteiger partial charge is 0.0879 e. The molecule has 0 saturated heterocycles. The Balaban J connectivity index is 2.21. The minimum Gasteiger partial charge on any atom is -0.340 e. The second kappa shape index (κ2) is 7.66. The molecule has 4 aromatic rings. The van der Waals surface area contributed by atoms with Crippen LogP contribution in [0.2, 0.25) is 0 Å². The molecular weight excluding hydrogens is 354 g/mol. The van der Waals surface area contributed by atoms with Crippen LogP contribution in [0.5, 0.6) is 0 Å². The van der Waals surface area contributed by atoms with Crippen LogP contribution in [0.3, 0.4) is 0 Å². The number of para-hydroxylation sites is 1. The largest absolute Gasteiger partial charge is 0.340 e. The van der Waals surface area contributed by atoms with Crippen LogP contribution in [0.25, 0.3) is 32.9 Å². The molecule has 0 aliphatic rings. The lowest BCUT2D eigenvalue weighted by molar-refractivity contribution is 0.130. The molecule has 3 heteroatoms. The molecular formula is C26H31N3. The average Bonchev–Trinajstić information content (AvgIpc) is 3.05. The monoisotopic (exact) mass is 385 g/mol. The van der Waals surface area contributed by atoms with Gasteiger partial charge in [0.2, 0.25) is 0 Å². The summed E-state index contributed by atoms with van der Waals surface area (Å²) in [5, 5.41) is 2.73. The van der Waals surface area contributed by atoms with Crippen molar-refractivity contribution in [1.82, 2.24) is 14.4 Å². The van der Waals surface area contributed by atoms with Gasteiger partial charge in [-0.25, -0.2) is 0 Å². The molecule has 29 heavy (non-hydrogen) atoms. The van der Waals surface area contributed by atoms with E-state index in [2.05, 4.69) is 117 Å². The molecule has 3 aromatic carbocycles. The van der Waals surface area contributed by atoms with E-state index in [1.807, 2.05) is 0 Å². The summed E-state index contributed by atoms with van der Waals surface area (Å²) >= 11 is 0. The van der Waals surface area contributed by atoms with Gasteiger partial charge in [-0.05, 0) is 70.9 Å². The van der Waals surface area contributed by atoms with E-state index in [-0.39, 0.29) is 6.17 Å². The standard InChI is InChI=1S/C26H31N3/c1-7-29-23-16-12-11-15-20(23)24-18(2)21(26(27(3)4)28(5)6)17-22(25(24)29)19-13-9-8-10-14-19/h8-17,26H,7H2,1-6H3. The summed E-state index contributed by atoms with van der Waals surface area (Å²) in [6, 6.07) is 22.1. The van der Waals surface area contributed by atoms with Gasteiger partial charge in [-0.1, -0.05) is 48.5 Å². The lowest BCUT2D eigenvalue weighted by atomic mass is 9.92. The number of rotatable bonds is 5. The van der Waals surface area contributed by atoms with Gasteiger partial charge in [0.15, 0.2) is 0 Å². The number of benzene rings is 3. The van der Waals surface area contributed by atoms with Gasteiger partial charge < -0.3 is 4.57 Å². The van der Waals surface area contributed by atoms with E-state index in [4.69, 9.17) is 0 Å². The summed E-state index contributed by atoms with van der Waals surface area (Å²) in [6.45, 7) is 5.48. The summed E-state index contributed by atoms with van der Waals surface area (Å²) in [7, 11) is 8.63. The Morgan fingerprint density at radius 1 is 0.862 bits per heavy atom. The molecule has 0 aliphatic carbocycles. The molecule has 0 amide bonds. The summed E-state index contributed by atoms with van der Waals surface area (Å²) in [5.41, 5.74) is 7.98. The first-order valence-corrected chi connectivity index (χ1v) is 10.4. The van der Waals surface area contributed by atoms with E-state index in [0.29, 0.717) is 0 Å². The zero-order chi connectivity index (χ0) is 20.7. The van der Waals surface area contributed by atoms with E-state index in [1.165, 1.54) is 44.1 Å². The predicted molar refractivity (Wildman–Crippen MR) is 125 cm³/mol. The molecule has 0 aliphatic heterocycles. The number of nitrogens with zero attached hydrogens (tertiary/aromatic N) is 3. The minimum atomic E-state index is 0.214. The van der Waals surface area contributed by atoms with Gasteiger partial charge in [-0.15, -0.1) is 0 Å². The molecule has 3 nitrogen and oxygen atoms in total. The number of hydrogen-bond acceptors (Lipinski definition) is 2. The van der Waals surface area contributed by atoms with Crippen LogP contribution in [0.1, 0.15) is 24.2 Å². The van der Waals surface area contributed by atoms with Crippen LogP contribution in [-0.4, -0.2) is 42.6 Å². The van der Waals surface area contributed by atoms with Crippen molar-refractivity contribution in [3.05, 3.63) is 71.8 Å². The maximum Gasteiger partial charge on any atom is 0.0879 e. The van der Waals surface area contributed by atoms with Crippen molar-refractivity contribution >= 4 is 21.8 Å². The first-order chi connectivity index (χ1) is 14.0. The zero-order valence-corrected chi connectivity index (χ0v) is 18.4. The second-order valence-electron chi connectivity index (χ2n) is 8.29. The highest BCUT2D eigenvalue weighted by Gasteiger charge is 2.24. The van der Waals surface area contributed by atoms with E-state index in [1.54, 1.807) is 0 Å². The van der Waals surface area contributed by atoms with E-state index < -0.39 is 0 Å². The molecule has 1 aromatic heterocycles. The van der Waals surface area contributed by atoms with Crippen LogP contribution in [-0.2, 0) is 6.54 Å². The maximum atomic E-state index is 2.48. The van der Waals surface area contributed by atoms with E-state index in [0.717, 1.165) is 6.54 Å². The summed E-state index contributed by atoms with van der Waals surface area (Å²) in [6.07, 6.45) is 0.214. The third kappa shape index (κ3) is 3.15. The molecule has 150 valence electrons. The van der Waals surface area contributed by atoms with Crippen molar-refractivity contribution < 1.29 is 0 Å². The third-order valence-electron chi connectivity index (χ3n) is 5.99. The molecule has 1 heterocycles. The van der Waals surface area contributed by atoms with Crippen LogP contribution in [0.15, 0.2) is 60.7 Å². The molecule has 0 N–H and O–H groups in total. The van der Waals surface area contributed by atoms with Gasteiger partial charge in [0.05, 0.1) is 11.7 Å². The van der Waals surface area contributed by atoms with Crippen molar-refractivity contribution in [2.45, 2.75) is 26.6 Å². The highest BCUT2D eigenvalue weighted by Crippen LogP contribution is 2.41. The highest BCUT2D eigenvalue weighted by molar-refractivity contribution is 6.14. The van der Waals surface area contributed by atoms with Crippen LogP contribution in [0, 0.1) is 6.92 Å². The Labute approximate surface area is 174 Å². The molecule has 0 fully saturated rings. The van der Waals surface area contributed by atoms with Crippen LogP contribution in [0.4, 0.5) is 0 Å². The average molecular weight is 386 g/mol. The molecule has 0 bridgehead atoms. The summed E-state index contributed by atoms with van der Waals surface area (Å²) in [5.74, 6) is 0. The fourth-order valence-electron chi connectivity index (χ4n) is 4.89. The van der Waals surface area contributed by atoms with Gasteiger partial charge >= 0.3 is 0 Å². The highest BCUT2D eigenvalue weighted by atomic mass is 15.3. The number of fused-ring (bicyclic) bond motifs is 3. The van der Waals surface area contributed by atoms with Gasteiger partial charge in [-0.2, -0.15) is 0 Å². The molecule has 0 radical (unpaired) electrons. The molecule has 0 saturated carbocycles. The van der Waals surface area contributed by atoms with Gasteiger partial charge in [0.25, 0.3) is 0 Å². The Morgan fingerprint density at radius 3 is 2.10 bits per heavy atom. The molecule has 0 unspecified atom stereocenters. The first kappa shape index (κ1) is 19.7. The SMILES string of the molecule is CCn1c2ccccc2c2c(C)c(C(N(C)C)N(C)C)cc(-c3ccccc3)c21. The topological polar surface area (TPSA) is 11.4 Å². The summed E-state index contributed by atoms with van der Waals surface area (Å²) in [4.78, 5) is 4.59. The van der Waals surface area contributed by atoms with Crippen LogP contribution < -0.4 is 0 Å². The van der Waals surface area contributed by atoms with E-state index >= 15 is 0 Å². The van der Waals surface area contributed by atoms with E-state index in [9.17, 15) is 0 Å². The normalized spacial score (nSPS) is 12.2. The number of aromatic nitrogens is 1. The van der Waals surface area contributed by atoms with Gasteiger partial charge in [-0.3, -0.25) is 9.80 Å². The molecule has 0 atom stereocenters. The lowest BCUT2D eigenvalue weighted by Crippen LogP contribution is -2.33. The second-order valence-corrected chi connectivity index (χ2v) is 8.29. The Hall–Kier alpha value is -2.62. The quantitative estimate of drug-likeness (QED) is 0.396. The fourth-order valence-corrected chi connectivity index (χ4v) is 4.89. The minimum absolute atomic E-state index is 0.214. The molecule has 0 spiro atoms. The Morgan fingerprint density at radius 2 is 1.48 bits per heavy atom. The lowest BCUT2D eigenvalue weighted by Gasteiger charge is -2.33. The van der Waals surface area contributed by atoms with Crippen molar-refractivity contribution in [3.8, 4) is 11.1 Å². The zero-order valence-electron chi connectivity index (χ0n) is 18.4. The third-order valence-corrected chi connectivity index (χ3v) is 5.99.